The Labute approximate surface area is 165 Å². The average molecular weight is 389 g/mol. The van der Waals surface area contributed by atoms with Crippen molar-refractivity contribution in [2.75, 3.05) is 13.1 Å². The number of hydrogen-bond acceptors (Lipinski definition) is 3. The highest BCUT2D eigenvalue weighted by Crippen LogP contribution is 2.24. The molecule has 5 nitrogen and oxygen atoms in total. The van der Waals surface area contributed by atoms with E-state index < -0.39 is 6.03 Å². The molecule has 1 heterocycles. The summed E-state index contributed by atoms with van der Waals surface area (Å²) in [7, 11) is 0. The van der Waals surface area contributed by atoms with Crippen molar-refractivity contribution in [2.24, 2.45) is 0 Å². The summed E-state index contributed by atoms with van der Waals surface area (Å²) in [6.07, 6.45) is 1.90. The van der Waals surface area contributed by atoms with Gasteiger partial charge in [-0.15, -0.1) is 11.3 Å². The molecular weight excluding hydrogens is 358 g/mol. The van der Waals surface area contributed by atoms with Crippen molar-refractivity contribution in [3.63, 3.8) is 0 Å². The summed E-state index contributed by atoms with van der Waals surface area (Å²) in [6.45, 7) is 7.18. The maximum atomic E-state index is 12.1. The van der Waals surface area contributed by atoms with E-state index in [0.29, 0.717) is 12.5 Å². The molecule has 2 aromatic rings. The van der Waals surface area contributed by atoms with Gasteiger partial charge >= 0.3 is 6.03 Å². The van der Waals surface area contributed by atoms with E-state index in [9.17, 15) is 9.59 Å². The number of urea groups is 1. The minimum Gasteiger partial charge on any atom is -0.338 e. The van der Waals surface area contributed by atoms with Crippen LogP contribution in [0, 0.1) is 0 Å². The van der Waals surface area contributed by atoms with Crippen LogP contribution in [0.3, 0.4) is 0 Å². The first-order chi connectivity index (χ1) is 13.0. The fourth-order valence-corrected chi connectivity index (χ4v) is 3.65. The number of quaternary nitrogens is 1. The molecule has 0 radical (unpaired) electrons. The number of benzene rings is 1. The van der Waals surface area contributed by atoms with Crippen molar-refractivity contribution < 1.29 is 14.9 Å². The molecule has 1 aromatic carbocycles. The molecule has 4 N–H and O–H groups in total. The number of hydrogen-bond donors (Lipinski definition) is 3. The van der Waals surface area contributed by atoms with E-state index in [2.05, 4.69) is 61.7 Å². The number of thiophene rings is 1. The Kier molecular flexibility index (Phi) is 8.48. The molecule has 146 valence electrons. The summed E-state index contributed by atoms with van der Waals surface area (Å²) < 4.78 is 0. The van der Waals surface area contributed by atoms with Gasteiger partial charge in [0.15, 0.2) is 6.54 Å². The summed E-state index contributed by atoms with van der Waals surface area (Å²) in [5.41, 5.74) is 2.45. The first-order valence-electron chi connectivity index (χ1n) is 9.55. The molecule has 0 aliphatic rings. The van der Waals surface area contributed by atoms with Crippen LogP contribution in [0.5, 0.6) is 0 Å². The lowest BCUT2D eigenvalue weighted by molar-refractivity contribution is -0.676. The molecule has 2 rings (SSSR count). The number of imide groups is 1. The Hall–Kier alpha value is -2.18. The summed E-state index contributed by atoms with van der Waals surface area (Å²) in [4.78, 5) is 25.0. The van der Waals surface area contributed by atoms with Gasteiger partial charge in [-0.05, 0) is 29.3 Å². The van der Waals surface area contributed by atoms with Crippen LogP contribution in [0.25, 0.3) is 0 Å². The summed E-state index contributed by atoms with van der Waals surface area (Å²) in [5.74, 6) is 0.199. The molecule has 0 saturated heterocycles. The SMILES string of the molecule is CCCCNC(=O)NC(=O)C[NH2+][C@H](c1ccc(C(C)C)cc1)c1cccs1. The molecule has 0 saturated carbocycles. The fourth-order valence-electron chi connectivity index (χ4n) is 2.80. The topological polar surface area (TPSA) is 74.8 Å². The Morgan fingerprint density at radius 3 is 2.41 bits per heavy atom. The number of carbonyl (C=O) groups excluding carboxylic acids is 2. The van der Waals surface area contributed by atoms with Crippen molar-refractivity contribution in [1.82, 2.24) is 10.6 Å². The minimum absolute atomic E-state index is 0.0418. The normalized spacial score (nSPS) is 12.0. The molecular formula is C21H30N3O2S+. The molecule has 0 unspecified atom stereocenters. The predicted octanol–water partition coefficient (Wildman–Crippen LogP) is 3.15. The van der Waals surface area contributed by atoms with Crippen LogP contribution in [0.15, 0.2) is 41.8 Å². The first-order valence-corrected chi connectivity index (χ1v) is 10.4. The van der Waals surface area contributed by atoms with Gasteiger partial charge < -0.3 is 10.6 Å². The van der Waals surface area contributed by atoms with Gasteiger partial charge in [0, 0.05) is 12.1 Å². The third-order valence-corrected chi connectivity index (χ3v) is 5.38. The van der Waals surface area contributed by atoms with Gasteiger partial charge in [-0.1, -0.05) is 57.5 Å². The number of amides is 3. The van der Waals surface area contributed by atoms with E-state index in [-0.39, 0.29) is 18.5 Å². The Bertz CT molecular complexity index is 712. The maximum Gasteiger partial charge on any atom is 0.321 e. The zero-order valence-corrected chi connectivity index (χ0v) is 17.1. The number of unbranched alkanes of at least 4 members (excludes halogenated alkanes) is 1. The zero-order valence-electron chi connectivity index (χ0n) is 16.3. The second kappa shape index (κ2) is 10.8. The van der Waals surface area contributed by atoms with Crippen molar-refractivity contribution >= 4 is 23.3 Å². The van der Waals surface area contributed by atoms with E-state index in [1.54, 1.807) is 11.3 Å². The highest BCUT2D eigenvalue weighted by Gasteiger charge is 2.21. The number of carbonyl (C=O) groups is 2. The number of nitrogens with one attached hydrogen (secondary N) is 2. The third-order valence-electron chi connectivity index (χ3n) is 4.42. The maximum absolute atomic E-state index is 12.1. The summed E-state index contributed by atoms with van der Waals surface area (Å²) in [6, 6.07) is 12.3. The van der Waals surface area contributed by atoms with E-state index in [4.69, 9.17) is 0 Å². The standard InChI is InChI=1S/C21H29N3O2S/c1-4-5-12-22-21(26)24-19(25)14-23-20(18-7-6-13-27-18)17-10-8-16(9-11-17)15(2)3/h6-11,13,15,20,23H,4-5,12,14H2,1-3H3,(H2,22,24,25,26)/p+1/t20-/m1/s1. The molecule has 1 aromatic heterocycles. The van der Waals surface area contributed by atoms with Crippen molar-refractivity contribution in [2.45, 2.75) is 45.6 Å². The Morgan fingerprint density at radius 2 is 1.81 bits per heavy atom. The monoisotopic (exact) mass is 388 g/mol. The second-order valence-corrected chi connectivity index (χ2v) is 7.89. The van der Waals surface area contributed by atoms with Gasteiger partial charge in [0.25, 0.3) is 5.91 Å². The molecule has 27 heavy (non-hydrogen) atoms. The Morgan fingerprint density at radius 1 is 1.11 bits per heavy atom. The summed E-state index contributed by atoms with van der Waals surface area (Å²) in [5, 5.41) is 9.11. The third kappa shape index (κ3) is 6.81. The second-order valence-electron chi connectivity index (χ2n) is 6.91. The van der Waals surface area contributed by atoms with E-state index in [1.807, 2.05) is 16.8 Å². The quantitative estimate of drug-likeness (QED) is 0.577. The number of rotatable bonds is 9. The highest BCUT2D eigenvalue weighted by atomic mass is 32.1. The summed E-state index contributed by atoms with van der Waals surface area (Å²) >= 11 is 1.67. The molecule has 6 heteroatoms. The molecule has 1 atom stereocenters. The van der Waals surface area contributed by atoms with Crippen LogP contribution in [0.2, 0.25) is 0 Å². The van der Waals surface area contributed by atoms with Gasteiger partial charge in [0.05, 0.1) is 4.88 Å². The van der Waals surface area contributed by atoms with Gasteiger partial charge in [0.2, 0.25) is 0 Å². The highest BCUT2D eigenvalue weighted by molar-refractivity contribution is 7.10. The molecule has 0 aliphatic heterocycles. The number of nitrogens with two attached hydrogens (primary N) is 1. The lowest BCUT2D eigenvalue weighted by atomic mass is 9.98. The van der Waals surface area contributed by atoms with Gasteiger partial charge in [-0.3, -0.25) is 10.1 Å². The molecule has 0 aliphatic carbocycles. The van der Waals surface area contributed by atoms with Crippen molar-refractivity contribution in [1.29, 1.82) is 0 Å². The van der Waals surface area contributed by atoms with E-state index in [1.165, 1.54) is 10.4 Å². The van der Waals surface area contributed by atoms with Crippen LogP contribution in [0.1, 0.15) is 61.6 Å². The Balaban J connectivity index is 1.97. The largest absolute Gasteiger partial charge is 0.338 e. The van der Waals surface area contributed by atoms with Crippen LogP contribution in [0.4, 0.5) is 4.79 Å². The predicted molar refractivity (Wildman–Crippen MR) is 110 cm³/mol. The van der Waals surface area contributed by atoms with Gasteiger partial charge in [0.1, 0.15) is 6.04 Å². The van der Waals surface area contributed by atoms with E-state index in [0.717, 1.165) is 18.4 Å². The van der Waals surface area contributed by atoms with E-state index >= 15 is 0 Å². The van der Waals surface area contributed by atoms with Crippen LogP contribution >= 0.6 is 11.3 Å². The average Bonchev–Trinajstić information content (AvgIpc) is 3.17. The van der Waals surface area contributed by atoms with Gasteiger partial charge in [-0.2, -0.15) is 0 Å². The zero-order chi connectivity index (χ0) is 19.6. The van der Waals surface area contributed by atoms with Gasteiger partial charge in [-0.25, -0.2) is 4.79 Å². The first kappa shape index (κ1) is 21.1. The molecule has 3 amide bonds. The fraction of sp³-hybridized carbons (Fsp3) is 0.429. The lowest BCUT2D eigenvalue weighted by Gasteiger charge is -2.16. The lowest BCUT2D eigenvalue weighted by Crippen LogP contribution is -2.87. The molecule has 0 fully saturated rings. The van der Waals surface area contributed by atoms with Crippen LogP contribution in [-0.2, 0) is 4.79 Å². The van der Waals surface area contributed by atoms with Crippen molar-refractivity contribution in [3.05, 3.63) is 57.8 Å². The molecule has 0 spiro atoms. The minimum atomic E-state index is -0.421. The van der Waals surface area contributed by atoms with Crippen LogP contribution < -0.4 is 16.0 Å². The smallest absolute Gasteiger partial charge is 0.321 e. The van der Waals surface area contributed by atoms with Crippen molar-refractivity contribution in [3.8, 4) is 0 Å². The molecule has 0 bridgehead atoms. The van der Waals surface area contributed by atoms with Crippen LogP contribution in [-0.4, -0.2) is 25.0 Å².